The number of benzene rings is 3. The summed E-state index contributed by atoms with van der Waals surface area (Å²) >= 11 is 3.45. The maximum Gasteiger partial charge on any atom is 0.254 e. The molecule has 0 saturated heterocycles. The van der Waals surface area contributed by atoms with Gasteiger partial charge in [-0.05, 0) is 60.0 Å². The van der Waals surface area contributed by atoms with Gasteiger partial charge in [0.1, 0.15) is 5.75 Å². The number of carbonyl (C=O) groups excluding carboxylic acids is 1. The lowest BCUT2D eigenvalue weighted by atomic mass is 9.91. The quantitative estimate of drug-likeness (QED) is 0.424. The Bertz CT molecular complexity index is 1210. The van der Waals surface area contributed by atoms with E-state index in [-0.39, 0.29) is 11.9 Å². The van der Waals surface area contributed by atoms with Crippen molar-refractivity contribution in [2.24, 2.45) is 0 Å². The largest absolute Gasteiger partial charge is 0.497 e. The molecule has 5 rings (SSSR count). The van der Waals surface area contributed by atoms with E-state index >= 15 is 0 Å². The minimum Gasteiger partial charge on any atom is -0.497 e. The number of methoxy groups -OCH3 is 1. The van der Waals surface area contributed by atoms with Crippen LogP contribution in [-0.4, -0.2) is 29.4 Å². The van der Waals surface area contributed by atoms with Gasteiger partial charge in [-0.25, -0.2) is 0 Å². The topological polar surface area (TPSA) is 45.3 Å². The van der Waals surface area contributed by atoms with Gasteiger partial charge in [0.15, 0.2) is 0 Å². The molecule has 1 amide bonds. The SMILES string of the molecule is COc1ccc([C@H]2c3[nH]c4ccccc4c3CCN2C(=O)c2ccc(Br)cc2)cc1. The van der Waals surface area contributed by atoms with E-state index < -0.39 is 0 Å². The number of ether oxygens (including phenoxy) is 1. The van der Waals surface area contributed by atoms with Crippen molar-refractivity contribution in [3.05, 3.63) is 99.7 Å². The van der Waals surface area contributed by atoms with E-state index in [1.807, 2.05) is 59.5 Å². The molecule has 4 aromatic rings. The molecule has 0 unspecified atom stereocenters. The Labute approximate surface area is 183 Å². The summed E-state index contributed by atoms with van der Waals surface area (Å²) in [4.78, 5) is 19.1. The molecule has 0 bridgehead atoms. The van der Waals surface area contributed by atoms with Crippen LogP contribution in [0.4, 0.5) is 0 Å². The first-order valence-electron chi connectivity index (χ1n) is 9.95. The van der Waals surface area contributed by atoms with Crippen LogP contribution in [-0.2, 0) is 6.42 Å². The first kappa shape index (κ1) is 18.9. The third-order valence-electron chi connectivity index (χ3n) is 5.82. The molecule has 0 spiro atoms. The van der Waals surface area contributed by atoms with Crippen LogP contribution in [0, 0.1) is 0 Å². The number of hydrogen-bond acceptors (Lipinski definition) is 2. The lowest BCUT2D eigenvalue weighted by Crippen LogP contribution is -2.40. The van der Waals surface area contributed by atoms with E-state index in [9.17, 15) is 4.79 Å². The summed E-state index contributed by atoms with van der Waals surface area (Å²) in [6.07, 6.45) is 0.828. The molecule has 30 heavy (non-hydrogen) atoms. The lowest BCUT2D eigenvalue weighted by Gasteiger charge is -2.36. The fourth-order valence-electron chi connectivity index (χ4n) is 4.35. The molecule has 1 atom stereocenters. The van der Waals surface area contributed by atoms with Crippen LogP contribution >= 0.6 is 15.9 Å². The summed E-state index contributed by atoms with van der Waals surface area (Å²) in [6.45, 7) is 0.667. The zero-order valence-corrected chi connectivity index (χ0v) is 18.1. The molecular formula is C25H21BrN2O2. The number of nitrogens with one attached hydrogen (secondary N) is 1. The van der Waals surface area contributed by atoms with Crippen molar-refractivity contribution in [3.8, 4) is 5.75 Å². The standard InChI is InChI=1S/C25H21BrN2O2/c1-30-19-12-8-16(9-13-19)24-23-21(20-4-2-3-5-22(20)27-23)14-15-28(24)25(29)17-6-10-18(26)11-7-17/h2-13,24,27H,14-15H2,1H3/t24-/m0/s1. The minimum atomic E-state index is -0.178. The van der Waals surface area contributed by atoms with Gasteiger partial charge in [-0.15, -0.1) is 0 Å². The Morgan fingerprint density at radius 2 is 1.77 bits per heavy atom. The molecule has 4 nitrogen and oxygen atoms in total. The molecule has 0 aliphatic carbocycles. The van der Waals surface area contributed by atoms with Gasteiger partial charge in [0.25, 0.3) is 5.91 Å². The number of para-hydroxylation sites is 1. The highest BCUT2D eigenvalue weighted by Gasteiger charge is 2.34. The second-order valence-electron chi connectivity index (χ2n) is 7.49. The van der Waals surface area contributed by atoms with Crippen LogP contribution in [0.3, 0.4) is 0 Å². The van der Waals surface area contributed by atoms with Crippen molar-refractivity contribution in [3.63, 3.8) is 0 Å². The number of aromatic amines is 1. The minimum absolute atomic E-state index is 0.0348. The Morgan fingerprint density at radius 1 is 1.03 bits per heavy atom. The Balaban J connectivity index is 1.64. The molecular weight excluding hydrogens is 440 g/mol. The number of nitrogens with zero attached hydrogens (tertiary/aromatic N) is 1. The van der Waals surface area contributed by atoms with Crippen LogP contribution in [0.25, 0.3) is 10.9 Å². The summed E-state index contributed by atoms with van der Waals surface area (Å²) in [7, 11) is 1.66. The van der Waals surface area contributed by atoms with Crippen molar-refractivity contribution >= 4 is 32.7 Å². The average Bonchev–Trinajstić information content (AvgIpc) is 3.17. The number of aromatic nitrogens is 1. The van der Waals surface area contributed by atoms with Crippen molar-refractivity contribution < 1.29 is 9.53 Å². The monoisotopic (exact) mass is 460 g/mol. The van der Waals surface area contributed by atoms with Crippen LogP contribution in [0.2, 0.25) is 0 Å². The molecule has 0 fully saturated rings. The lowest BCUT2D eigenvalue weighted by molar-refractivity contribution is 0.0692. The summed E-state index contributed by atoms with van der Waals surface area (Å²) < 4.78 is 6.30. The molecule has 5 heteroatoms. The summed E-state index contributed by atoms with van der Waals surface area (Å²) in [5, 5.41) is 1.24. The predicted molar refractivity (Wildman–Crippen MR) is 122 cm³/mol. The number of halogens is 1. The van der Waals surface area contributed by atoms with E-state index in [4.69, 9.17) is 4.74 Å². The predicted octanol–water partition coefficient (Wildman–Crippen LogP) is 5.73. The Morgan fingerprint density at radius 3 is 2.50 bits per heavy atom. The number of H-pyrrole nitrogens is 1. The highest BCUT2D eigenvalue weighted by molar-refractivity contribution is 9.10. The first-order valence-corrected chi connectivity index (χ1v) is 10.7. The van der Waals surface area contributed by atoms with Gasteiger partial charge in [-0.2, -0.15) is 0 Å². The van der Waals surface area contributed by atoms with Crippen LogP contribution in [0.5, 0.6) is 5.75 Å². The fourth-order valence-corrected chi connectivity index (χ4v) is 4.62. The molecule has 1 aliphatic heterocycles. The second kappa shape index (κ2) is 7.65. The third kappa shape index (κ3) is 3.19. The average molecular weight is 461 g/mol. The van der Waals surface area contributed by atoms with E-state index in [0.29, 0.717) is 12.1 Å². The van der Waals surface area contributed by atoms with Crippen molar-refractivity contribution in [1.29, 1.82) is 0 Å². The summed E-state index contributed by atoms with van der Waals surface area (Å²) in [6, 6.07) is 23.7. The van der Waals surface area contributed by atoms with Gasteiger partial charge in [0.05, 0.1) is 13.2 Å². The maximum atomic E-state index is 13.5. The zero-order chi connectivity index (χ0) is 20.7. The van der Waals surface area contributed by atoms with Gasteiger partial charge < -0.3 is 14.6 Å². The highest BCUT2D eigenvalue weighted by atomic mass is 79.9. The molecule has 1 aliphatic rings. The van der Waals surface area contributed by atoms with Gasteiger partial charge >= 0.3 is 0 Å². The maximum absolute atomic E-state index is 13.5. The van der Waals surface area contributed by atoms with Gasteiger partial charge in [0.2, 0.25) is 0 Å². The molecule has 1 N–H and O–H groups in total. The normalized spacial score (nSPS) is 15.8. The number of fused-ring (bicyclic) bond motifs is 3. The molecule has 0 radical (unpaired) electrons. The van der Waals surface area contributed by atoms with E-state index in [2.05, 4.69) is 39.1 Å². The molecule has 0 saturated carbocycles. The van der Waals surface area contributed by atoms with Crippen molar-refractivity contribution in [2.45, 2.75) is 12.5 Å². The van der Waals surface area contributed by atoms with Crippen molar-refractivity contribution in [2.75, 3.05) is 13.7 Å². The van der Waals surface area contributed by atoms with Gasteiger partial charge in [-0.1, -0.05) is 46.3 Å². The first-order chi connectivity index (χ1) is 14.7. The number of carbonyl (C=O) groups is 1. The molecule has 3 aromatic carbocycles. The van der Waals surface area contributed by atoms with E-state index in [1.54, 1.807) is 7.11 Å². The Kier molecular flexibility index (Phi) is 4.83. The highest BCUT2D eigenvalue weighted by Crippen LogP contribution is 2.39. The molecule has 150 valence electrons. The van der Waals surface area contributed by atoms with Crippen molar-refractivity contribution in [1.82, 2.24) is 9.88 Å². The summed E-state index contributed by atoms with van der Waals surface area (Å²) in [5.74, 6) is 0.838. The zero-order valence-electron chi connectivity index (χ0n) is 16.6. The van der Waals surface area contributed by atoms with Gasteiger partial charge in [-0.3, -0.25) is 4.79 Å². The van der Waals surface area contributed by atoms with Crippen LogP contribution in [0.15, 0.2) is 77.3 Å². The van der Waals surface area contributed by atoms with E-state index in [0.717, 1.165) is 33.4 Å². The third-order valence-corrected chi connectivity index (χ3v) is 6.35. The molecule has 1 aromatic heterocycles. The second-order valence-corrected chi connectivity index (χ2v) is 8.41. The fraction of sp³-hybridized carbons (Fsp3) is 0.160. The van der Waals surface area contributed by atoms with Crippen LogP contribution in [0.1, 0.15) is 33.2 Å². The number of rotatable bonds is 3. The number of amides is 1. The molecule has 2 heterocycles. The number of hydrogen-bond donors (Lipinski definition) is 1. The van der Waals surface area contributed by atoms with Crippen LogP contribution < -0.4 is 4.74 Å². The Hall–Kier alpha value is -3.05. The van der Waals surface area contributed by atoms with Gasteiger partial charge in [0, 0.05) is 33.2 Å². The van der Waals surface area contributed by atoms with E-state index in [1.165, 1.54) is 10.9 Å². The smallest absolute Gasteiger partial charge is 0.254 e. The summed E-state index contributed by atoms with van der Waals surface area (Å²) in [5.41, 5.74) is 5.26.